The van der Waals surface area contributed by atoms with Crippen LogP contribution >= 0.6 is 11.8 Å². The van der Waals surface area contributed by atoms with Crippen LogP contribution in [0.4, 0.5) is 0 Å². The summed E-state index contributed by atoms with van der Waals surface area (Å²) in [4.78, 5) is 10.5. The van der Waals surface area contributed by atoms with E-state index >= 15 is 0 Å². The highest BCUT2D eigenvalue weighted by Gasteiger charge is 2.20. The highest BCUT2D eigenvalue weighted by molar-refractivity contribution is 7.99. The Balaban J connectivity index is 1.37. The zero-order valence-corrected chi connectivity index (χ0v) is 16.3. The van der Waals surface area contributed by atoms with Gasteiger partial charge in [0.1, 0.15) is 6.26 Å². The Hall–Kier alpha value is -1.99. The molecular weight excluding hydrogens is 346 g/mol. The van der Waals surface area contributed by atoms with Gasteiger partial charge >= 0.3 is 0 Å². The third kappa shape index (κ3) is 5.51. The van der Waals surface area contributed by atoms with Crippen LogP contribution in [0.25, 0.3) is 0 Å². The highest BCUT2D eigenvalue weighted by atomic mass is 32.2. The number of nitrogens with one attached hydrogen (secondary N) is 1. The smallest absolute Gasteiger partial charge is 0.193 e. The van der Waals surface area contributed by atoms with E-state index in [1.807, 2.05) is 24.9 Å². The molecule has 0 saturated carbocycles. The largest absolute Gasteiger partial charge is 0.364 e. The highest BCUT2D eigenvalue weighted by Crippen LogP contribution is 2.17. The van der Waals surface area contributed by atoms with E-state index in [1.165, 1.54) is 10.5 Å². The van der Waals surface area contributed by atoms with Crippen molar-refractivity contribution in [2.45, 2.75) is 18.4 Å². The molecule has 0 atom stereocenters. The molecule has 0 bridgehead atoms. The molecule has 2 heterocycles. The molecule has 0 amide bonds. The summed E-state index contributed by atoms with van der Waals surface area (Å²) in [5.41, 5.74) is 2.30. The maximum atomic E-state index is 4.91. The maximum absolute atomic E-state index is 4.91. The molecule has 1 aromatic carbocycles. The molecule has 7 heteroatoms. The summed E-state index contributed by atoms with van der Waals surface area (Å²) < 4.78 is 4.91. The quantitative estimate of drug-likeness (QED) is 0.363. The SMILES string of the molecule is CN=C(NCCSc1ccc(C)cc1)N1CCN(Cc2ccon2)CC1. The van der Waals surface area contributed by atoms with Crippen LogP contribution in [-0.4, -0.2) is 66.4 Å². The minimum Gasteiger partial charge on any atom is -0.364 e. The predicted octanol–water partition coefficient (Wildman–Crippen LogP) is 2.47. The molecule has 0 spiro atoms. The van der Waals surface area contributed by atoms with Gasteiger partial charge in [-0.2, -0.15) is 0 Å². The van der Waals surface area contributed by atoms with Crippen LogP contribution in [0.1, 0.15) is 11.3 Å². The Bertz CT molecular complexity index is 678. The number of guanidine groups is 1. The van der Waals surface area contributed by atoms with Crippen molar-refractivity contribution in [2.75, 3.05) is 45.5 Å². The van der Waals surface area contributed by atoms with E-state index in [-0.39, 0.29) is 0 Å². The number of hydrogen-bond acceptors (Lipinski definition) is 5. The fourth-order valence-electron chi connectivity index (χ4n) is 2.96. The van der Waals surface area contributed by atoms with E-state index in [0.717, 1.165) is 56.7 Å². The average molecular weight is 374 g/mol. The molecule has 3 rings (SSSR count). The minimum atomic E-state index is 0.851. The number of aliphatic imine (C=N–C) groups is 1. The molecule has 2 aromatic rings. The van der Waals surface area contributed by atoms with Crippen molar-refractivity contribution in [1.82, 2.24) is 20.3 Å². The van der Waals surface area contributed by atoms with E-state index in [0.29, 0.717) is 0 Å². The Kier molecular flexibility index (Phi) is 6.96. The van der Waals surface area contributed by atoms with Gasteiger partial charge in [-0.15, -0.1) is 11.8 Å². The van der Waals surface area contributed by atoms with Gasteiger partial charge in [0.15, 0.2) is 5.96 Å². The molecule has 26 heavy (non-hydrogen) atoms. The molecule has 1 aliphatic rings. The van der Waals surface area contributed by atoms with Crippen molar-refractivity contribution in [3.63, 3.8) is 0 Å². The van der Waals surface area contributed by atoms with Gasteiger partial charge in [-0.05, 0) is 19.1 Å². The van der Waals surface area contributed by atoms with Gasteiger partial charge in [0.05, 0.1) is 5.69 Å². The topological polar surface area (TPSA) is 56.9 Å². The fraction of sp³-hybridized carbons (Fsp3) is 0.474. The van der Waals surface area contributed by atoms with Crippen LogP contribution in [0, 0.1) is 6.92 Å². The van der Waals surface area contributed by atoms with Crippen LogP contribution < -0.4 is 5.32 Å². The first kappa shape index (κ1) is 18.8. The summed E-state index contributed by atoms with van der Waals surface area (Å²) in [6.07, 6.45) is 1.63. The van der Waals surface area contributed by atoms with E-state index in [9.17, 15) is 0 Å². The molecule has 0 unspecified atom stereocenters. The van der Waals surface area contributed by atoms with E-state index in [4.69, 9.17) is 4.52 Å². The number of benzene rings is 1. The molecule has 6 nitrogen and oxygen atoms in total. The van der Waals surface area contributed by atoms with E-state index in [2.05, 4.69) is 56.5 Å². The number of piperazine rings is 1. The molecule has 1 N–H and O–H groups in total. The summed E-state index contributed by atoms with van der Waals surface area (Å²) in [5, 5.41) is 7.48. The van der Waals surface area contributed by atoms with Crippen molar-refractivity contribution in [2.24, 2.45) is 4.99 Å². The predicted molar refractivity (Wildman–Crippen MR) is 107 cm³/mol. The van der Waals surface area contributed by atoms with Crippen LogP contribution in [0.5, 0.6) is 0 Å². The first-order valence-electron chi connectivity index (χ1n) is 9.01. The molecule has 0 radical (unpaired) electrons. The first-order valence-corrected chi connectivity index (χ1v) is 10.00. The summed E-state index contributed by atoms with van der Waals surface area (Å²) >= 11 is 1.87. The zero-order chi connectivity index (χ0) is 18.2. The lowest BCUT2D eigenvalue weighted by atomic mass is 10.2. The van der Waals surface area contributed by atoms with Gasteiger partial charge in [0.25, 0.3) is 0 Å². The lowest BCUT2D eigenvalue weighted by Gasteiger charge is -2.36. The van der Waals surface area contributed by atoms with Crippen molar-refractivity contribution < 1.29 is 4.52 Å². The normalized spacial score (nSPS) is 16.1. The Morgan fingerprint density at radius 3 is 2.62 bits per heavy atom. The van der Waals surface area contributed by atoms with Crippen molar-refractivity contribution in [3.05, 3.63) is 47.9 Å². The van der Waals surface area contributed by atoms with Crippen LogP contribution in [0.15, 0.2) is 51.0 Å². The standard InChI is InChI=1S/C19H27N5OS/c1-16-3-5-18(6-4-16)26-14-8-21-19(20-2)24-11-9-23(10-12-24)15-17-7-13-25-22-17/h3-7,13H,8-12,14-15H2,1-2H3,(H,20,21). The molecular formula is C19H27N5OS. The second kappa shape index (κ2) is 9.64. The number of rotatable bonds is 6. The molecule has 140 valence electrons. The van der Waals surface area contributed by atoms with Gasteiger partial charge < -0.3 is 14.7 Å². The lowest BCUT2D eigenvalue weighted by Crippen LogP contribution is -2.52. The van der Waals surface area contributed by atoms with Gasteiger partial charge in [-0.1, -0.05) is 22.9 Å². The van der Waals surface area contributed by atoms with Gasteiger partial charge in [-0.25, -0.2) is 0 Å². The summed E-state index contributed by atoms with van der Waals surface area (Å²) in [5.74, 6) is 2.02. The van der Waals surface area contributed by atoms with Crippen LogP contribution in [0.3, 0.4) is 0 Å². The minimum absolute atomic E-state index is 0.851. The second-order valence-corrected chi connectivity index (χ2v) is 7.56. The van der Waals surface area contributed by atoms with Crippen molar-refractivity contribution in [3.8, 4) is 0 Å². The Labute approximate surface area is 159 Å². The molecule has 1 saturated heterocycles. The van der Waals surface area contributed by atoms with E-state index < -0.39 is 0 Å². The molecule has 1 fully saturated rings. The molecule has 1 aromatic heterocycles. The van der Waals surface area contributed by atoms with Crippen LogP contribution in [0.2, 0.25) is 0 Å². The lowest BCUT2D eigenvalue weighted by molar-refractivity contribution is 0.169. The summed E-state index contributed by atoms with van der Waals surface area (Å²) in [6.45, 7) is 7.84. The number of hydrogen-bond donors (Lipinski definition) is 1. The first-order chi connectivity index (χ1) is 12.7. The van der Waals surface area contributed by atoms with Crippen molar-refractivity contribution in [1.29, 1.82) is 0 Å². The zero-order valence-electron chi connectivity index (χ0n) is 15.5. The molecule has 1 aliphatic heterocycles. The second-order valence-electron chi connectivity index (χ2n) is 6.39. The van der Waals surface area contributed by atoms with E-state index in [1.54, 1.807) is 6.26 Å². The third-order valence-corrected chi connectivity index (χ3v) is 5.45. The van der Waals surface area contributed by atoms with Crippen molar-refractivity contribution >= 4 is 17.7 Å². The Morgan fingerprint density at radius 1 is 1.19 bits per heavy atom. The third-order valence-electron chi connectivity index (χ3n) is 4.44. The summed E-state index contributed by atoms with van der Waals surface area (Å²) in [6, 6.07) is 10.6. The maximum Gasteiger partial charge on any atom is 0.193 e. The van der Waals surface area contributed by atoms with Gasteiger partial charge in [0, 0.05) is 63.0 Å². The molecule has 0 aliphatic carbocycles. The fourth-order valence-corrected chi connectivity index (χ4v) is 3.73. The van der Waals surface area contributed by atoms with Gasteiger partial charge in [-0.3, -0.25) is 9.89 Å². The number of aromatic nitrogens is 1. The number of aryl methyl sites for hydroxylation is 1. The van der Waals surface area contributed by atoms with Crippen LogP contribution in [-0.2, 0) is 6.54 Å². The average Bonchev–Trinajstić information content (AvgIpc) is 3.17. The van der Waals surface area contributed by atoms with Gasteiger partial charge in [0.2, 0.25) is 0 Å². The monoisotopic (exact) mass is 373 g/mol. The summed E-state index contributed by atoms with van der Waals surface area (Å²) in [7, 11) is 1.86. The number of thioether (sulfide) groups is 1. The number of nitrogens with zero attached hydrogens (tertiary/aromatic N) is 4. The Morgan fingerprint density at radius 2 is 1.96 bits per heavy atom.